The van der Waals surface area contributed by atoms with Crippen molar-refractivity contribution in [3.8, 4) is 11.8 Å². The van der Waals surface area contributed by atoms with Gasteiger partial charge in [0.15, 0.2) is 5.78 Å². The molecule has 0 saturated heterocycles. The first-order valence-corrected chi connectivity index (χ1v) is 6.78. The fourth-order valence-electron chi connectivity index (χ4n) is 1.93. The lowest BCUT2D eigenvalue weighted by atomic mass is 9.93. The second-order valence-electron chi connectivity index (χ2n) is 5.51. The molecule has 3 heteroatoms. The Balaban J connectivity index is 2.04. The Kier molecular flexibility index (Phi) is 4.21. The normalized spacial score (nSPS) is 15.9. The molecule has 1 aromatic carbocycles. The average Bonchev–Trinajstić information content (AvgIpc) is 3.22. The summed E-state index contributed by atoms with van der Waals surface area (Å²) in [5, 5.41) is 9.17. The van der Waals surface area contributed by atoms with E-state index in [4.69, 9.17) is 10.00 Å². The minimum atomic E-state index is -0.619. The van der Waals surface area contributed by atoms with Gasteiger partial charge in [-0.3, -0.25) is 4.79 Å². The molecule has 19 heavy (non-hydrogen) atoms. The second-order valence-corrected chi connectivity index (χ2v) is 5.51. The van der Waals surface area contributed by atoms with Crippen LogP contribution in [0.25, 0.3) is 0 Å². The van der Waals surface area contributed by atoms with Crippen molar-refractivity contribution in [3.63, 3.8) is 0 Å². The van der Waals surface area contributed by atoms with Crippen molar-refractivity contribution in [2.24, 2.45) is 11.8 Å². The van der Waals surface area contributed by atoms with Gasteiger partial charge in [0.25, 0.3) is 0 Å². The summed E-state index contributed by atoms with van der Waals surface area (Å²) in [6.45, 7) is 4.85. The molecule has 1 fully saturated rings. The summed E-state index contributed by atoms with van der Waals surface area (Å²) >= 11 is 0. The topological polar surface area (TPSA) is 50.1 Å². The molecular formula is C16H19NO2. The number of carbonyl (C=O) groups excluding carboxylic acids is 1. The van der Waals surface area contributed by atoms with Crippen LogP contribution in [0.15, 0.2) is 24.3 Å². The maximum atomic E-state index is 12.0. The van der Waals surface area contributed by atoms with Gasteiger partial charge in [0.1, 0.15) is 11.7 Å². The van der Waals surface area contributed by atoms with Crippen LogP contribution in [-0.4, -0.2) is 12.4 Å². The predicted molar refractivity (Wildman–Crippen MR) is 72.9 cm³/mol. The Morgan fingerprint density at radius 2 is 2.00 bits per heavy atom. The molecule has 0 bridgehead atoms. The van der Waals surface area contributed by atoms with Gasteiger partial charge < -0.3 is 4.74 Å². The van der Waals surface area contributed by atoms with Crippen LogP contribution >= 0.6 is 0 Å². The van der Waals surface area contributed by atoms with Gasteiger partial charge in [-0.05, 0) is 36.5 Å². The molecule has 1 aliphatic carbocycles. The van der Waals surface area contributed by atoms with E-state index in [1.54, 1.807) is 0 Å². The third kappa shape index (κ3) is 3.57. The van der Waals surface area contributed by atoms with Gasteiger partial charge in [0, 0.05) is 5.92 Å². The number of ether oxygens (including phenoxy) is 1. The Bertz CT molecular complexity index is 480. The highest BCUT2D eigenvalue weighted by molar-refractivity contribution is 5.92. The third-order valence-corrected chi connectivity index (χ3v) is 3.19. The highest BCUT2D eigenvalue weighted by atomic mass is 16.5. The Hall–Kier alpha value is -1.82. The summed E-state index contributed by atoms with van der Waals surface area (Å²) in [5.74, 6) is 0.822. The summed E-state index contributed by atoms with van der Waals surface area (Å²) in [6, 6.07) is 9.44. The standard InChI is InChI=1S/C16H19NO2/c1-11(2)10-19-14-7-5-12(6-8-14)15(9-17)16(18)13-3-4-13/h5-8,11,13,15H,3-4,10H2,1-2H3. The van der Waals surface area contributed by atoms with Crippen LogP contribution < -0.4 is 4.74 Å². The van der Waals surface area contributed by atoms with Crippen molar-refractivity contribution in [1.29, 1.82) is 5.26 Å². The third-order valence-electron chi connectivity index (χ3n) is 3.19. The van der Waals surface area contributed by atoms with Crippen LogP contribution in [0.1, 0.15) is 38.2 Å². The van der Waals surface area contributed by atoms with Gasteiger partial charge in [-0.25, -0.2) is 0 Å². The molecule has 1 atom stereocenters. The smallest absolute Gasteiger partial charge is 0.157 e. The van der Waals surface area contributed by atoms with Crippen molar-refractivity contribution in [2.45, 2.75) is 32.6 Å². The lowest BCUT2D eigenvalue weighted by Gasteiger charge is -2.11. The molecule has 3 nitrogen and oxygen atoms in total. The fraction of sp³-hybridized carbons (Fsp3) is 0.500. The van der Waals surface area contributed by atoms with Crippen LogP contribution in [0.3, 0.4) is 0 Å². The molecule has 0 heterocycles. The average molecular weight is 257 g/mol. The molecule has 100 valence electrons. The number of Topliss-reactive ketones (excluding diaryl/α,β-unsaturated/α-hetero) is 1. The largest absolute Gasteiger partial charge is 0.493 e. The van der Waals surface area contributed by atoms with E-state index in [2.05, 4.69) is 19.9 Å². The summed E-state index contributed by atoms with van der Waals surface area (Å²) in [4.78, 5) is 12.0. The van der Waals surface area contributed by atoms with Crippen LogP contribution in [0.2, 0.25) is 0 Å². The van der Waals surface area contributed by atoms with E-state index in [1.165, 1.54) is 0 Å². The van der Waals surface area contributed by atoms with E-state index in [-0.39, 0.29) is 11.7 Å². The minimum Gasteiger partial charge on any atom is -0.493 e. The molecule has 1 unspecified atom stereocenters. The van der Waals surface area contributed by atoms with Crippen molar-refractivity contribution < 1.29 is 9.53 Å². The second kappa shape index (κ2) is 5.88. The van der Waals surface area contributed by atoms with Crippen LogP contribution in [0.4, 0.5) is 0 Å². The number of nitriles is 1. The predicted octanol–water partition coefficient (Wildman–Crippen LogP) is 3.31. The number of nitrogens with zero attached hydrogens (tertiary/aromatic N) is 1. The van der Waals surface area contributed by atoms with E-state index in [0.29, 0.717) is 12.5 Å². The lowest BCUT2D eigenvalue weighted by molar-refractivity contribution is -0.120. The van der Waals surface area contributed by atoms with Gasteiger partial charge in [-0.15, -0.1) is 0 Å². The van der Waals surface area contributed by atoms with E-state index in [1.807, 2.05) is 24.3 Å². The Morgan fingerprint density at radius 3 is 2.47 bits per heavy atom. The van der Waals surface area contributed by atoms with Crippen molar-refractivity contribution >= 4 is 5.78 Å². The monoisotopic (exact) mass is 257 g/mol. The quantitative estimate of drug-likeness (QED) is 0.785. The van der Waals surface area contributed by atoms with Crippen LogP contribution in [0, 0.1) is 23.2 Å². The molecule has 0 N–H and O–H groups in total. The van der Waals surface area contributed by atoms with Gasteiger partial charge in [0.05, 0.1) is 12.7 Å². The van der Waals surface area contributed by atoms with Gasteiger partial charge in [0.2, 0.25) is 0 Å². The highest BCUT2D eigenvalue weighted by Gasteiger charge is 2.35. The number of carbonyl (C=O) groups is 1. The van der Waals surface area contributed by atoms with E-state index < -0.39 is 5.92 Å². The molecule has 1 aliphatic rings. The molecule has 1 aromatic rings. The summed E-state index contributed by atoms with van der Waals surface area (Å²) in [6.07, 6.45) is 1.87. The number of hydrogen-bond donors (Lipinski definition) is 0. The van der Waals surface area contributed by atoms with Crippen LogP contribution in [-0.2, 0) is 4.79 Å². The summed E-state index contributed by atoms with van der Waals surface area (Å²) in [7, 11) is 0. The molecule has 2 rings (SSSR count). The minimum absolute atomic E-state index is 0.0679. The number of benzene rings is 1. The zero-order valence-corrected chi connectivity index (χ0v) is 11.4. The van der Waals surface area contributed by atoms with Gasteiger partial charge in [-0.2, -0.15) is 5.26 Å². The zero-order chi connectivity index (χ0) is 13.8. The van der Waals surface area contributed by atoms with Crippen molar-refractivity contribution in [1.82, 2.24) is 0 Å². The maximum absolute atomic E-state index is 12.0. The summed E-state index contributed by atoms with van der Waals surface area (Å²) in [5.41, 5.74) is 0.774. The number of rotatable bonds is 6. The van der Waals surface area contributed by atoms with Gasteiger partial charge in [-0.1, -0.05) is 26.0 Å². The number of hydrogen-bond acceptors (Lipinski definition) is 3. The molecule has 0 spiro atoms. The first-order chi connectivity index (χ1) is 9.11. The molecule has 0 radical (unpaired) electrons. The van der Waals surface area contributed by atoms with E-state index >= 15 is 0 Å². The Morgan fingerprint density at radius 1 is 1.37 bits per heavy atom. The first-order valence-electron chi connectivity index (χ1n) is 6.78. The van der Waals surface area contributed by atoms with Crippen molar-refractivity contribution in [2.75, 3.05) is 6.61 Å². The fourth-order valence-corrected chi connectivity index (χ4v) is 1.93. The van der Waals surface area contributed by atoms with Crippen molar-refractivity contribution in [3.05, 3.63) is 29.8 Å². The van der Waals surface area contributed by atoms with E-state index in [9.17, 15) is 4.79 Å². The number of ketones is 1. The molecule has 1 saturated carbocycles. The molecule has 0 amide bonds. The molecule has 0 aliphatic heterocycles. The maximum Gasteiger partial charge on any atom is 0.157 e. The first kappa shape index (κ1) is 13.6. The van der Waals surface area contributed by atoms with Crippen LogP contribution in [0.5, 0.6) is 5.75 Å². The zero-order valence-electron chi connectivity index (χ0n) is 11.4. The van der Waals surface area contributed by atoms with E-state index in [0.717, 1.165) is 24.2 Å². The summed E-state index contributed by atoms with van der Waals surface area (Å²) < 4.78 is 5.59. The molecule has 0 aromatic heterocycles. The Labute approximate surface area is 114 Å². The SMILES string of the molecule is CC(C)COc1ccc(C(C#N)C(=O)C2CC2)cc1. The molecular weight excluding hydrogens is 238 g/mol. The van der Waals surface area contributed by atoms with Gasteiger partial charge >= 0.3 is 0 Å². The highest BCUT2D eigenvalue weighted by Crippen LogP contribution is 2.35. The lowest BCUT2D eigenvalue weighted by Crippen LogP contribution is -2.12.